The Kier molecular flexibility index (Phi) is 5.90. The predicted octanol–water partition coefficient (Wildman–Crippen LogP) is 3.14. The van der Waals surface area contributed by atoms with Crippen LogP contribution < -0.4 is 9.64 Å². The molecule has 1 amide bonds. The van der Waals surface area contributed by atoms with Crippen LogP contribution in [-0.2, 0) is 21.1 Å². The molecule has 9 heteroatoms. The fourth-order valence-corrected chi connectivity index (χ4v) is 8.11. The van der Waals surface area contributed by atoms with Gasteiger partial charge in [0, 0.05) is 20.1 Å². The maximum atomic E-state index is 12.7. The molecule has 2 aliphatic rings. The van der Waals surface area contributed by atoms with E-state index in [1.165, 1.54) is 11.8 Å². The molecule has 0 spiro atoms. The van der Waals surface area contributed by atoms with E-state index in [0.29, 0.717) is 10.9 Å². The van der Waals surface area contributed by atoms with E-state index in [1.54, 1.807) is 7.11 Å². The number of carbonyl (C=O) groups excluding carboxylic acids is 1. The van der Waals surface area contributed by atoms with Gasteiger partial charge in [0.1, 0.15) is 5.75 Å². The molecular weight excluding hydrogens is 523 g/mol. The van der Waals surface area contributed by atoms with Crippen molar-refractivity contribution < 1.29 is 17.9 Å². The van der Waals surface area contributed by atoms with Gasteiger partial charge < -0.3 is 9.64 Å². The van der Waals surface area contributed by atoms with Crippen molar-refractivity contribution in [3.63, 3.8) is 0 Å². The number of anilines is 1. The molecule has 29 heavy (non-hydrogen) atoms. The predicted molar refractivity (Wildman–Crippen MR) is 125 cm³/mol. The van der Waals surface area contributed by atoms with Gasteiger partial charge in [-0.1, -0.05) is 36.0 Å². The first-order chi connectivity index (χ1) is 13.9. The summed E-state index contributed by atoms with van der Waals surface area (Å²) in [5.41, 5.74) is 1.63. The number of ether oxygens (including phenoxy) is 1. The molecule has 6 nitrogen and oxygen atoms in total. The summed E-state index contributed by atoms with van der Waals surface area (Å²) in [6.45, 7) is 0. The van der Waals surface area contributed by atoms with Crippen LogP contribution in [0, 0.1) is 3.57 Å². The van der Waals surface area contributed by atoms with Gasteiger partial charge in [0.15, 0.2) is 15.0 Å². The van der Waals surface area contributed by atoms with Crippen LogP contribution in [0.5, 0.6) is 5.75 Å². The third-order valence-electron chi connectivity index (χ3n) is 4.91. The molecule has 2 fully saturated rings. The first-order valence-electron chi connectivity index (χ1n) is 9.01. The van der Waals surface area contributed by atoms with Crippen molar-refractivity contribution in [2.45, 2.75) is 17.7 Å². The van der Waals surface area contributed by atoms with Crippen molar-refractivity contribution >= 4 is 61.0 Å². The van der Waals surface area contributed by atoms with E-state index in [4.69, 9.17) is 4.74 Å². The average Bonchev–Trinajstić information content (AvgIpc) is 3.12. The van der Waals surface area contributed by atoms with E-state index in [0.717, 1.165) is 14.8 Å². The topological polar surface area (TPSA) is 76.0 Å². The Bertz CT molecular complexity index is 1090. The Balaban J connectivity index is 1.65. The number of rotatable bonds is 4. The molecule has 2 aliphatic heterocycles. The summed E-state index contributed by atoms with van der Waals surface area (Å²) < 4.78 is 30.7. The Hall–Kier alpha value is -1.59. The number of amidine groups is 1. The largest absolute Gasteiger partial charge is 0.496 e. The van der Waals surface area contributed by atoms with Crippen LogP contribution in [0.15, 0.2) is 53.5 Å². The molecule has 0 aromatic heterocycles. The van der Waals surface area contributed by atoms with Gasteiger partial charge in [0.25, 0.3) is 5.91 Å². The van der Waals surface area contributed by atoms with Crippen LogP contribution in [0.2, 0.25) is 0 Å². The molecular formula is C20H19IN2O4S2. The highest BCUT2D eigenvalue weighted by molar-refractivity contribution is 14.1. The summed E-state index contributed by atoms with van der Waals surface area (Å²) >= 11 is 3.61. The van der Waals surface area contributed by atoms with E-state index < -0.39 is 9.84 Å². The number of methoxy groups -OCH3 is 1. The lowest BCUT2D eigenvalue weighted by atomic mass is 10.1. The highest BCUT2D eigenvalue weighted by atomic mass is 127. The smallest absolute Gasteiger partial charge is 0.252 e. The number of sulfone groups is 1. The van der Waals surface area contributed by atoms with Gasteiger partial charge in [0.05, 0.1) is 31.1 Å². The van der Waals surface area contributed by atoms with Gasteiger partial charge in [-0.3, -0.25) is 4.79 Å². The Morgan fingerprint density at radius 1 is 1.24 bits per heavy atom. The quantitative estimate of drug-likeness (QED) is 0.553. The second-order valence-electron chi connectivity index (χ2n) is 6.93. The second-order valence-corrected chi connectivity index (χ2v) is 11.5. The third kappa shape index (κ3) is 4.46. The summed E-state index contributed by atoms with van der Waals surface area (Å²) in [4.78, 5) is 19.0. The summed E-state index contributed by atoms with van der Waals surface area (Å²) in [5.74, 6) is 0.561. The average molecular weight is 542 g/mol. The van der Waals surface area contributed by atoms with Gasteiger partial charge in [-0.05, 0) is 46.9 Å². The van der Waals surface area contributed by atoms with Crippen LogP contribution in [0.4, 0.5) is 5.69 Å². The minimum Gasteiger partial charge on any atom is -0.496 e. The number of aliphatic imine (C=N–C) groups is 1. The summed E-state index contributed by atoms with van der Waals surface area (Å²) in [6.07, 6.45) is 0.127. The fourth-order valence-electron chi connectivity index (χ4n) is 3.65. The highest BCUT2D eigenvalue weighted by Gasteiger charge is 2.49. The number of halogens is 1. The van der Waals surface area contributed by atoms with E-state index in [9.17, 15) is 13.2 Å². The molecule has 152 valence electrons. The van der Waals surface area contributed by atoms with E-state index in [1.807, 2.05) is 53.4 Å². The minimum atomic E-state index is -3.09. The van der Waals surface area contributed by atoms with Crippen molar-refractivity contribution in [3.8, 4) is 5.75 Å². The Labute approximate surface area is 187 Å². The molecule has 2 atom stereocenters. The number of para-hydroxylation sites is 1. The summed E-state index contributed by atoms with van der Waals surface area (Å²) in [6, 6.07) is 15.0. The molecule has 0 bridgehead atoms. The van der Waals surface area contributed by atoms with Gasteiger partial charge in [0.2, 0.25) is 0 Å². The van der Waals surface area contributed by atoms with E-state index >= 15 is 0 Å². The van der Waals surface area contributed by atoms with Gasteiger partial charge in [-0.25, -0.2) is 8.42 Å². The van der Waals surface area contributed by atoms with Crippen LogP contribution in [0.1, 0.15) is 5.56 Å². The zero-order chi connectivity index (χ0) is 20.6. The van der Waals surface area contributed by atoms with Crippen LogP contribution >= 0.6 is 34.4 Å². The van der Waals surface area contributed by atoms with Crippen molar-refractivity contribution in [2.24, 2.45) is 4.99 Å². The molecule has 2 aromatic rings. The number of benzene rings is 2. The number of fused-ring (bicyclic) bond motifs is 1. The van der Waals surface area contributed by atoms with Crippen molar-refractivity contribution in [1.82, 2.24) is 0 Å². The number of thioether (sulfide) groups is 1. The van der Waals surface area contributed by atoms with Gasteiger partial charge in [-0.15, -0.1) is 0 Å². The lowest BCUT2D eigenvalue weighted by Crippen LogP contribution is -2.37. The Morgan fingerprint density at radius 3 is 2.79 bits per heavy atom. The number of carbonyl (C=O) groups is 1. The number of amides is 1. The normalized spacial score (nSPS) is 23.9. The molecule has 2 saturated heterocycles. The van der Waals surface area contributed by atoms with Crippen LogP contribution in [0.25, 0.3) is 0 Å². The van der Waals surface area contributed by atoms with Crippen molar-refractivity contribution in [1.29, 1.82) is 0 Å². The van der Waals surface area contributed by atoms with Gasteiger partial charge in [-0.2, -0.15) is 4.99 Å². The van der Waals surface area contributed by atoms with E-state index in [2.05, 4.69) is 27.6 Å². The lowest BCUT2D eigenvalue weighted by Gasteiger charge is -2.24. The number of hydrogen-bond donors (Lipinski definition) is 0. The second kappa shape index (κ2) is 8.27. The van der Waals surface area contributed by atoms with Crippen molar-refractivity contribution in [2.75, 3.05) is 23.5 Å². The standard InChI is InChI=1S/C20H19IN2O4S2/c1-27-17-8-3-2-5-13(17)9-19(24)22-20-23(15-7-4-6-14(21)10-15)16-11-29(25,26)12-18(16)28-20/h2-8,10,16,18H,9,11-12H2,1H3/t16-,18-/m0/s1. The molecule has 0 saturated carbocycles. The zero-order valence-corrected chi connectivity index (χ0v) is 19.4. The molecule has 0 unspecified atom stereocenters. The first-order valence-corrected chi connectivity index (χ1v) is 12.8. The molecule has 2 aromatic carbocycles. The zero-order valence-electron chi connectivity index (χ0n) is 15.6. The molecule has 0 radical (unpaired) electrons. The SMILES string of the molecule is COc1ccccc1CC(=O)N=C1S[C@H]2CS(=O)(=O)C[C@@H]2N1c1cccc(I)c1. The highest BCUT2D eigenvalue weighted by Crippen LogP contribution is 2.41. The molecule has 0 N–H and O–H groups in total. The monoisotopic (exact) mass is 542 g/mol. The van der Waals surface area contributed by atoms with Crippen LogP contribution in [0.3, 0.4) is 0 Å². The van der Waals surface area contributed by atoms with E-state index in [-0.39, 0.29) is 35.1 Å². The summed E-state index contributed by atoms with van der Waals surface area (Å²) in [7, 11) is -1.51. The Morgan fingerprint density at radius 2 is 2.03 bits per heavy atom. The van der Waals surface area contributed by atoms with Crippen molar-refractivity contribution in [3.05, 3.63) is 57.7 Å². The summed E-state index contributed by atoms with van der Waals surface area (Å²) in [5, 5.41) is 0.451. The molecule has 4 rings (SSSR count). The third-order valence-corrected chi connectivity index (χ3v) is 8.79. The van der Waals surface area contributed by atoms with Gasteiger partial charge >= 0.3 is 0 Å². The lowest BCUT2D eigenvalue weighted by molar-refractivity contribution is -0.117. The number of hydrogen-bond acceptors (Lipinski definition) is 5. The maximum Gasteiger partial charge on any atom is 0.252 e. The molecule has 2 heterocycles. The number of nitrogens with zero attached hydrogens (tertiary/aromatic N) is 2. The van der Waals surface area contributed by atoms with Crippen LogP contribution in [-0.4, -0.2) is 49.4 Å². The molecule has 0 aliphatic carbocycles. The fraction of sp³-hybridized carbons (Fsp3) is 0.300. The minimum absolute atomic E-state index is 0.0792. The first kappa shape index (κ1) is 20.7. The maximum absolute atomic E-state index is 12.7.